The Morgan fingerprint density at radius 3 is 2.46 bits per heavy atom. The van der Waals surface area contributed by atoms with Crippen LogP contribution in [0.4, 0.5) is 5.69 Å². The zero-order chi connectivity index (χ0) is 26.1. The van der Waals surface area contributed by atoms with E-state index in [2.05, 4.69) is 4.99 Å². The molecule has 1 unspecified atom stereocenters. The van der Waals surface area contributed by atoms with E-state index >= 15 is 0 Å². The molecule has 0 radical (unpaired) electrons. The molecule has 10 nitrogen and oxygen atoms in total. The molecule has 188 valence electrons. The third-order valence-electron chi connectivity index (χ3n) is 6.15. The van der Waals surface area contributed by atoms with E-state index in [1.165, 1.54) is 30.2 Å². The summed E-state index contributed by atoms with van der Waals surface area (Å²) in [5.41, 5.74) is 0.577. The Hall–Kier alpha value is -3.56. The van der Waals surface area contributed by atoms with Crippen molar-refractivity contribution in [2.45, 2.75) is 65.0 Å². The summed E-state index contributed by atoms with van der Waals surface area (Å²) in [4.78, 5) is 56.5. The summed E-state index contributed by atoms with van der Waals surface area (Å²) < 4.78 is 10.6. The normalized spacial score (nSPS) is 22.5. The van der Waals surface area contributed by atoms with E-state index in [1.807, 2.05) is 0 Å². The summed E-state index contributed by atoms with van der Waals surface area (Å²) in [5.74, 6) is -3.36. The first-order valence-electron chi connectivity index (χ1n) is 11.5. The molecule has 0 saturated carbocycles. The lowest BCUT2D eigenvalue weighted by atomic mass is 9.75. The molecular weight excluding hydrogens is 454 g/mol. The predicted octanol–water partition coefficient (Wildman–Crippen LogP) is 3.55. The second-order valence-corrected chi connectivity index (χ2v) is 9.77. The molecule has 0 aliphatic carbocycles. The highest BCUT2D eigenvalue weighted by Crippen LogP contribution is 2.42. The molecule has 3 atom stereocenters. The Labute approximate surface area is 204 Å². The van der Waals surface area contributed by atoms with Crippen molar-refractivity contribution in [3.63, 3.8) is 0 Å². The van der Waals surface area contributed by atoms with E-state index in [0.29, 0.717) is 36.4 Å². The molecule has 35 heavy (non-hydrogen) atoms. The van der Waals surface area contributed by atoms with Crippen LogP contribution in [0.25, 0.3) is 0 Å². The van der Waals surface area contributed by atoms with Gasteiger partial charge in [0, 0.05) is 41.6 Å². The first kappa shape index (κ1) is 26.1. The number of nitrogens with zero attached hydrogens (tertiary/aromatic N) is 3. The van der Waals surface area contributed by atoms with Crippen LogP contribution in [0.5, 0.6) is 0 Å². The maximum Gasteiger partial charge on any atom is 0.329 e. The number of allylic oxidation sites excluding steroid dienone is 1. The van der Waals surface area contributed by atoms with E-state index in [1.54, 1.807) is 40.7 Å². The molecule has 0 bridgehead atoms. The highest BCUT2D eigenvalue weighted by molar-refractivity contribution is 6.08. The Morgan fingerprint density at radius 1 is 1.17 bits per heavy atom. The first-order valence-corrected chi connectivity index (χ1v) is 11.5. The van der Waals surface area contributed by atoms with E-state index < -0.39 is 46.2 Å². The number of nitro groups is 1. The molecule has 0 aromatic heterocycles. The standard InChI is InChI=1S/C25H31N3O7/c1-14-19(22(29)27-12-8-11-18(27)23(30)35-25(3,4)5)21(20(15(2)26-14)24(31)34-6)16-9-7-10-17(13-16)28(32)33/h7,9-10,13,18,20-21H,8,11-12H2,1-6H3/t18-,20?,21+/m0/s1. The number of likely N-dealkylation sites (tertiary alicyclic amines) is 1. The number of carbonyl (C=O) groups is 3. The summed E-state index contributed by atoms with van der Waals surface area (Å²) in [5, 5.41) is 11.4. The van der Waals surface area contributed by atoms with Crippen molar-refractivity contribution in [3.05, 3.63) is 51.2 Å². The van der Waals surface area contributed by atoms with Crippen LogP contribution in [0.15, 0.2) is 40.5 Å². The van der Waals surface area contributed by atoms with Gasteiger partial charge in [-0.1, -0.05) is 12.1 Å². The second-order valence-electron chi connectivity index (χ2n) is 9.77. The number of methoxy groups -OCH3 is 1. The maximum absolute atomic E-state index is 14.0. The fraction of sp³-hybridized carbons (Fsp3) is 0.520. The number of hydrogen-bond donors (Lipinski definition) is 0. The Balaban J connectivity index is 2.11. The maximum atomic E-state index is 14.0. The monoisotopic (exact) mass is 485 g/mol. The zero-order valence-electron chi connectivity index (χ0n) is 20.9. The average molecular weight is 486 g/mol. The molecule has 1 aromatic carbocycles. The van der Waals surface area contributed by atoms with Gasteiger partial charge in [0.15, 0.2) is 0 Å². The molecule has 1 fully saturated rings. The van der Waals surface area contributed by atoms with Crippen LogP contribution < -0.4 is 0 Å². The number of carbonyl (C=O) groups excluding carboxylic acids is 3. The number of benzene rings is 1. The van der Waals surface area contributed by atoms with Crippen molar-refractivity contribution in [2.24, 2.45) is 10.9 Å². The van der Waals surface area contributed by atoms with Gasteiger partial charge in [0.25, 0.3) is 11.6 Å². The molecular formula is C25H31N3O7. The number of nitro benzene ring substituents is 1. The number of esters is 2. The van der Waals surface area contributed by atoms with E-state index in [9.17, 15) is 24.5 Å². The lowest BCUT2D eigenvalue weighted by molar-refractivity contribution is -0.384. The van der Waals surface area contributed by atoms with Gasteiger partial charge in [-0.05, 0) is 53.0 Å². The number of ether oxygens (including phenoxy) is 2. The predicted molar refractivity (Wildman–Crippen MR) is 128 cm³/mol. The fourth-order valence-electron chi connectivity index (χ4n) is 4.72. The minimum Gasteiger partial charge on any atom is -0.468 e. The molecule has 10 heteroatoms. The molecule has 1 saturated heterocycles. The Morgan fingerprint density at radius 2 is 1.86 bits per heavy atom. The fourth-order valence-corrected chi connectivity index (χ4v) is 4.72. The van der Waals surface area contributed by atoms with Crippen LogP contribution in [0.2, 0.25) is 0 Å². The van der Waals surface area contributed by atoms with E-state index in [0.717, 1.165) is 0 Å². The Kier molecular flexibility index (Phi) is 7.42. The third-order valence-corrected chi connectivity index (χ3v) is 6.15. The lowest BCUT2D eigenvalue weighted by Gasteiger charge is -2.35. The molecule has 3 rings (SSSR count). The summed E-state index contributed by atoms with van der Waals surface area (Å²) >= 11 is 0. The van der Waals surface area contributed by atoms with Crippen molar-refractivity contribution >= 4 is 29.2 Å². The van der Waals surface area contributed by atoms with Gasteiger partial charge >= 0.3 is 11.9 Å². The minimum absolute atomic E-state index is 0.163. The van der Waals surface area contributed by atoms with Gasteiger partial charge in [0.05, 0.1) is 12.0 Å². The number of amides is 1. The second kappa shape index (κ2) is 9.97. The molecule has 0 N–H and O–H groups in total. The van der Waals surface area contributed by atoms with Gasteiger partial charge in [0.2, 0.25) is 0 Å². The van der Waals surface area contributed by atoms with Crippen LogP contribution in [0, 0.1) is 16.0 Å². The van der Waals surface area contributed by atoms with Crippen LogP contribution in [-0.2, 0) is 23.9 Å². The largest absolute Gasteiger partial charge is 0.468 e. The number of non-ortho nitro benzene ring substituents is 1. The zero-order valence-corrected chi connectivity index (χ0v) is 20.9. The topological polar surface area (TPSA) is 128 Å². The average Bonchev–Trinajstić information content (AvgIpc) is 3.27. The summed E-state index contributed by atoms with van der Waals surface area (Å²) in [6.45, 7) is 8.94. The van der Waals surface area contributed by atoms with Crippen LogP contribution >= 0.6 is 0 Å². The van der Waals surface area contributed by atoms with Gasteiger partial charge in [-0.15, -0.1) is 0 Å². The molecule has 0 spiro atoms. The van der Waals surface area contributed by atoms with Gasteiger partial charge in [-0.25, -0.2) is 4.79 Å². The van der Waals surface area contributed by atoms with E-state index in [-0.39, 0.29) is 11.3 Å². The SMILES string of the molecule is COC(=O)C1C(C)=NC(C)=C(C(=O)N2CCC[C@H]2C(=O)OC(C)(C)C)[C@H]1c1cccc([N+](=O)[O-])c1. The quantitative estimate of drug-likeness (QED) is 0.354. The summed E-state index contributed by atoms with van der Waals surface area (Å²) in [7, 11) is 1.24. The van der Waals surface area contributed by atoms with Crippen LogP contribution in [-0.4, -0.2) is 58.7 Å². The number of aliphatic imine (C=N–C) groups is 1. The van der Waals surface area contributed by atoms with Gasteiger partial charge < -0.3 is 14.4 Å². The van der Waals surface area contributed by atoms with Crippen molar-refractivity contribution in [1.82, 2.24) is 4.90 Å². The molecule has 1 aromatic rings. The van der Waals surface area contributed by atoms with Gasteiger partial charge in [-0.3, -0.25) is 24.7 Å². The van der Waals surface area contributed by atoms with Gasteiger partial charge in [-0.2, -0.15) is 0 Å². The smallest absolute Gasteiger partial charge is 0.329 e. The Bertz CT molecular complexity index is 1120. The van der Waals surface area contributed by atoms with Crippen LogP contribution in [0.3, 0.4) is 0 Å². The highest BCUT2D eigenvalue weighted by Gasteiger charge is 2.46. The molecule has 2 aliphatic heterocycles. The molecule has 2 aliphatic rings. The lowest BCUT2D eigenvalue weighted by Crippen LogP contribution is -2.46. The molecule has 1 amide bonds. The van der Waals surface area contributed by atoms with Crippen molar-refractivity contribution < 1.29 is 28.8 Å². The summed E-state index contributed by atoms with van der Waals surface area (Å²) in [6.07, 6.45) is 1.07. The molecule has 2 heterocycles. The van der Waals surface area contributed by atoms with Crippen LogP contribution in [0.1, 0.15) is 58.9 Å². The third kappa shape index (κ3) is 5.41. The highest BCUT2D eigenvalue weighted by atomic mass is 16.6. The van der Waals surface area contributed by atoms with Crippen molar-refractivity contribution in [1.29, 1.82) is 0 Å². The van der Waals surface area contributed by atoms with Crippen molar-refractivity contribution in [2.75, 3.05) is 13.7 Å². The van der Waals surface area contributed by atoms with E-state index in [4.69, 9.17) is 9.47 Å². The number of hydrogen-bond acceptors (Lipinski definition) is 8. The van der Waals surface area contributed by atoms with Gasteiger partial charge in [0.1, 0.15) is 17.6 Å². The first-order chi connectivity index (χ1) is 16.4. The van der Waals surface area contributed by atoms with Crippen molar-refractivity contribution in [3.8, 4) is 0 Å². The number of rotatable bonds is 5. The summed E-state index contributed by atoms with van der Waals surface area (Å²) in [6, 6.07) is 5.09. The minimum atomic E-state index is -0.952.